The van der Waals surface area contributed by atoms with Crippen LogP contribution < -0.4 is 15.5 Å². The number of ether oxygens (including phenoxy) is 1. The molecule has 134 valence electrons. The summed E-state index contributed by atoms with van der Waals surface area (Å²) in [6, 6.07) is 4.10. The van der Waals surface area contributed by atoms with Gasteiger partial charge in [0.1, 0.15) is 11.9 Å². The minimum Gasteiger partial charge on any atom is -0.442 e. The molecule has 0 aliphatic carbocycles. The van der Waals surface area contributed by atoms with Crippen molar-refractivity contribution in [1.29, 1.82) is 0 Å². The average molecular weight is 382 g/mol. The number of carbonyl (C=O) groups excluding carboxylic acids is 1. The number of halogens is 1. The Bertz CT molecular complexity index is 745. The van der Waals surface area contributed by atoms with Gasteiger partial charge in [-0.15, -0.1) is 0 Å². The van der Waals surface area contributed by atoms with E-state index < -0.39 is 24.1 Å². The summed E-state index contributed by atoms with van der Waals surface area (Å²) in [6.07, 6.45) is -1.09. The monoisotopic (exact) mass is 382 g/mol. The van der Waals surface area contributed by atoms with E-state index in [2.05, 4.69) is 0 Å². The maximum absolute atomic E-state index is 14.6. The first-order valence-electron chi connectivity index (χ1n) is 7.86. The Balaban J connectivity index is 1.80. The number of hydrogen-bond donors (Lipinski definition) is 1. The van der Waals surface area contributed by atoms with E-state index in [1.54, 1.807) is 24.0 Å². The quantitative estimate of drug-likeness (QED) is 0.798. The van der Waals surface area contributed by atoms with Gasteiger partial charge in [-0.05, 0) is 37.3 Å². The Morgan fingerprint density at radius 1 is 1.40 bits per heavy atom. The van der Waals surface area contributed by atoms with Crippen molar-refractivity contribution in [3.63, 3.8) is 0 Å². The molecule has 2 N–H and O–H groups in total. The van der Waals surface area contributed by atoms with Crippen molar-refractivity contribution in [3.8, 4) is 0 Å². The molecule has 2 fully saturated rings. The number of carbonyl (C=O) groups is 1. The Morgan fingerprint density at radius 2 is 2.12 bits per heavy atom. The van der Waals surface area contributed by atoms with E-state index in [4.69, 9.17) is 34.9 Å². The normalized spacial score (nSPS) is 21.8. The van der Waals surface area contributed by atoms with Gasteiger partial charge in [0.2, 0.25) is 0 Å². The first-order valence-corrected chi connectivity index (χ1v) is 8.67. The van der Waals surface area contributed by atoms with Crippen molar-refractivity contribution in [3.05, 3.63) is 24.0 Å². The summed E-state index contributed by atoms with van der Waals surface area (Å²) in [6.45, 7) is 3.32. The summed E-state index contributed by atoms with van der Waals surface area (Å²) in [7, 11) is 1.87. The predicted octanol–water partition coefficient (Wildman–Crippen LogP) is 1.90. The van der Waals surface area contributed by atoms with Gasteiger partial charge < -0.3 is 20.3 Å². The number of cyclic esters (lactones) is 1. The van der Waals surface area contributed by atoms with Crippen LogP contribution in [-0.2, 0) is 4.74 Å². The highest BCUT2D eigenvalue weighted by molar-refractivity contribution is 7.80. The Labute approximate surface area is 156 Å². The molecule has 0 aromatic heterocycles. The molecule has 1 aromatic carbocycles. The standard InChI is InChI=1S/C16H19FN4O2S2/c1-9(24)14(18)13-8-21(16(22)23-13)10-3-4-12(11(17)7-10)20-6-5-19(2)15(20)25/h3-4,7,13-14H,5-6,8,18H2,1-2H3/t13-,14?/m0/s1. The maximum Gasteiger partial charge on any atom is 0.414 e. The van der Waals surface area contributed by atoms with Crippen molar-refractivity contribution in [2.24, 2.45) is 5.73 Å². The molecule has 3 rings (SSSR count). The van der Waals surface area contributed by atoms with E-state index in [0.29, 0.717) is 27.9 Å². The molecule has 1 amide bonds. The molecule has 2 heterocycles. The molecule has 1 aromatic rings. The lowest BCUT2D eigenvalue weighted by Crippen LogP contribution is -2.42. The van der Waals surface area contributed by atoms with Gasteiger partial charge in [-0.25, -0.2) is 9.18 Å². The van der Waals surface area contributed by atoms with Crippen LogP contribution in [0, 0.1) is 5.82 Å². The first-order chi connectivity index (χ1) is 11.8. The van der Waals surface area contributed by atoms with Crippen LogP contribution >= 0.6 is 24.4 Å². The fourth-order valence-corrected chi connectivity index (χ4v) is 3.33. The first kappa shape index (κ1) is 18.0. The van der Waals surface area contributed by atoms with Crippen molar-refractivity contribution in [2.75, 3.05) is 36.5 Å². The van der Waals surface area contributed by atoms with E-state index in [1.807, 2.05) is 11.9 Å². The molecular formula is C16H19FN4O2S2. The molecule has 0 bridgehead atoms. The largest absolute Gasteiger partial charge is 0.442 e. The van der Waals surface area contributed by atoms with E-state index in [1.165, 1.54) is 11.0 Å². The molecule has 2 aliphatic rings. The summed E-state index contributed by atoms with van der Waals surface area (Å²) in [5, 5.41) is 0.578. The van der Waals surface area contributed by atoms with Gasteiger partial charge >= 0.3 is 6.09 Å². The Morgan fingerprint density at radius 3 is 2.68 bits per heavy atom. The van der Waals surface area contributed by atoms with E-state index in [9.17, 15) is 9.18 Å². The number of benzene rings is 1. The van der Waals surface area contributed by atoms with Gasteiger partial charge in [0.25, 0.3) is 0 Å². The molecule has 0 saturated carbocycles. The molecule has 0 spiro atoms. The fraction of sp³-hybridized carbons (Fsp3) is 0.438. The van der Waals surface area contributed by atoms with E-state index in [0.717, 1.165) is 6.54 Å². The van der Waals surface area contributed by atoms with Gasteiger partial charge in [0.05, 0.1) is 24.0 Å². The zero-order chi connectivity index (χ0) is 18.3. The molecule has 6 nitrogen and oxygen atoms in total. The topological polar surface area (TPSA) is 62.0 Å². The molecule has 2 saturated heterocycles. The number of hydrogen-bond acceptors (Lipinski definition) is 5. The molecule has 0 radical (unpaired) electrons. The highest BCUT2D eigenvalue weighted by Gasteiger charge is 2.37. The molecule has 9 heteroatoms. The Hall–Kier alpha value is -1.84. The van der Waals surface area contributed by atoms with Crippen molar-refractivity contribution in [1.82, 2.24) is 4.90 Å². The van der Waals surface area contributed by atoms with E-state index in [-0.39, 0.29) is 6.54 Å². The molecule has 1 unspecified atom stereocenters. The zero-order valence-corrected chi connectivity index (χ0v) is 15.6. The number of likely N-dealkylation sites (N-methyl/N-ethyl adjacent to an activating group) is 1. The summed E-state index contributed by atoms with van der Waals surface area (Å²) in [4.78, 5) is 17.7. The van der Waals surface area contributed by atoms with Crippen molar-refractivity contribution < 1.29 is 13.9 Å². The van der Waals surface area contributed by atoms with Crippen LogP contribution in [0.3, 0.4) is 0 Å². The maximum atomic E-state index is 14.6. The number of nitrogens with two attached hydrogens (primary N) is 1. The van der Waals surface area contributed by atoms with Gasteiger partial charge in [-0.3, -0.25) is 4.90 Å². The summed E-state index contributed by atoms with van der Waals surface area (Å²) >= 11 is 10.4. The minimum absolute atomic E-state index is 0.234. The molecular weight excluding hydrogens is 363 g/mol. The predicted molar refractivity (Wildman–Crippen MR) is 103 cm³/mol. The summed E-state index contributed by atoms with van der Waals surface area (Å²) in [5.41, 5.74) is 6.76. The van der Waals surface area contributed by atoms with Crippen LogP contribution in [0.2, 0.25) is 0 Å². The van der Waals surface area contributed by atoms with Crippen molar-refractivity contribution >= 4 is 51.9 Å². The second-order valence-corrected chi connectivity index (χ2v) is 7.17. The molecule has 2 atom stereocenters. The second-order valence-electron chi connectivity index (χ2n) is 6.16. The third-order valence-electron chi connectivity index (χ3n) is 4.46. The highest BCUT2D eigenvalue weighted by atomic mass is 32.1. The molecule has 25 heavy (non-hydrogen) atoms. The van der Waals surface area contributed by atoms with Gasteiger partial charge in [0.15, 0.2) is 5.11 Å². The van der Waals surface area contributed by atoms with Gasteiger partial charge in [-0.2, -0.15) is 0 Å². The lowest BCUT2D eigenvalue weighted by Gasteiger charge is -2.21. The number of thiocarbonyl (C=S) groups is 2. The third kappa shape index (κ3) is 3.31. The number of anilines is 2. The van der Waals surface area contributed by atoms with Gasteiger partial charge in [0, 0.05) is 25.0 Å². The molecule has 2 aliphatic heterocycles. The van der Waals surface area contributed by atoms with Crippen LogP contribution in [0.15, 0.2) is 18.2 Å². The van der Waals surface area contributed by atoms with Crippen LogP contribution in [0.25, 0.3) is 0 Å². The van der Waals surface area contributed by atoms with E-state index >= 15 is 0 Å². The van der Waals surface area contributed by atoms with Crippen LogP contribution in [0.5, 0.6) is 0 Å². The smallest absolute Gasteiger partial charge is 0.414 e. The lowest BCUT2D eigenvalue weighted by molar-refractivity contribution is 0.138. The number of rotatable bonds is 4. The van der Waals surface area contributed by atoms with Crippen LogP contribution in [0.1, 0.15) is 6.92 Å². The van der Waals surface area contributed by atoms with Crippen molar-refractivity contribution in [2.45, 2.75) is 19.1 Å². The number of amides is 1. The summed E-state index contributed by atoms with van der Waals surface area (Å²) in [5.74, 6) is -0.443. The van der Waals surface area contributed by atoms with Crippen LogP contribution in [-0.4, -0.2) is 59.8 Å². The SMILES string of the molecule is CC(=S)C(N)[C@@H]1CN(c2ccc(N3CCN(C)C3=S)c(F)c2)C(=O)O1. The lowest BCUT2D eigenvalue weighted by atomic mass is 10.1. The summed E-state index contributed by atoms with van der Waals surface area (Å²) < 4.78 is 19.9. The van der Waals surface area contributed by atoms with Crippen LogP contribution in [0.4, 0.5) is 20.6 Å². The Kier molecular flexibility index (Phi) is 4.90. The third-order valence-corrected chi connectivity index (χ3v) is 5.26. The number of nitrogens with zero attached hydrogens (tertiary/aromatic N) is 3. The zero-order valence-electron chi connectivity index (χ0n) is 13.9. The fourth-order valence-electron chi connectivity index (χ4n) is 2.90. The van der Waals surface area contributed by atoms with Gasteiger partial charge in [-0.1, -0.05) is 12.2 Å². The average Bonchev–Trinajstić information content (AvgIpc) is 3.10. The second kappa shape index (κ2) is 6.81. The minimum atomic E-state index is -0.555. The highest BCUT2D eigenvalue weighted by Crippen LogP contribution is 2.30.